The van der Waals surface area contributed by atoms with Crippen LogP contribution in [0.4, 0.5) is 4.79 Å². The topological polar surface area (TPSA) is 223 Å². The minimum absolute atomic E-state index is 0. The molecule has 16 nitrogen and oxygen atoms in total. The Morgan fingerprint density at radius 3 is 1.24 bits per heavy atom. The van der Waals surface area contributed by atoms with Crippen molar-refractivity contribution in [2.75, 3.05) is 27.3 Å². The average Bonchev–Trinajstić information content (AvgIpc) is 2.06. The van der Waals surface area contributed by atoms with Crippen molar-refractivity contribution >= 4 is 47.6 Å². The van der Waals surface area contributed by atoms with Crippen LogP contribution in [0.2, 0.25) is 0 Å². The number of Topliss-reactive ketones (excluding diaryl/α,β-unsaturated/α-hetero) is 1. The van der Waals surface area contributed by atoms with Crippen LogP contribution in [0.15, 0.2) is 188 Å². The molecule has 16 heteroatoms. The summed E-state index contributed by atoms with van der Waals surface area (Å²) < 4.78 is 16.7. The van der Waals surface area contributed by atoms with E-state index in [0.29, 0.717) is 5.56 Å². The predicted octanol–water partition coefficient (Wildman–Crippen LogP) is 10.9. The number of carbonyl (C=O) groups is 8. The molecule has 0 spiro atoms. The number of aliphatic carboxylic acids is 2. The zero-order valence-electron chi connectivity index (χ0n) is 47.9. The fourth-order valence-electron chi connectivity index (χ4n) is 10.8. The molecular formula is C70H73N3O13. The van der Waals surface area contributed by atoms with Crippen molar-refractivity contribution in [3.63, 3.8) is 0 Å². The van der Waals surface area contributed by atoms with Gasteiger partial charge in [-0.15, -0.1) is 0 Å². The van der Waals surface area contributed by atoms with E-state index in [2.05, 4.69) is 17.4 Å². The van der Waals surface area contributed by atoms with E-state index < -0.39 is 84.0 Å². The van der Waals surface area contributed by atoms with Crippen molar-refractivity contribution in [1.82, 2.24) is 15.1 Å². The highest BCUT2D eigenvalue weighted by atomic mass is 16.6. The Balaban J connectivity index is 0.000000367. The Morgan fingerprint density at radius 2 is 0.802 bits per heavy atom. The van der Waals surface area contributed by atoms with Crippen LogP contribution in [-0.4, -0.2) is 113 Å². The first-order valence-electron chi connectivity index (χ1n) is 28.2. The quantitative estimate of drug-likeness (QED) is 0.0379. The summed E-state index contributed by atoms with van der Waals surface area (Å²) in [7, 11) is 2.87. The van der Waals surface area contributed by atoms with Crippen LogP contribution < -0.4 is 5.32 Å². The number of ketones is 1. The van der Waals surface area contributed by atoms with Gasteiger partial charge in [0, 0.05) is 38.8 Å². The molecule has 9 rings (SSSR count). The second kappa shape index (κ2) is 30.2. The van der Waals surface area contributed by atoms with E-state index in [9.17, 15) is 43.5 Å². The number of benzene rings is 7. The lowest BCUT2D eigenvalue weighted by Crippen LogP contribution is -2.58. The third-order valence-electron chi connectivity index (χ3n) is 15.6. The molecule has 0 aromatic heterocycles. The van der Waals surface area contributed by atoms with Crippen LogP contribution in [0.5, 0.6) is 0 Å². The van der Waals surface area contributed by atoms with Crippen LogP contribution >= 0.6 is 0 Å². The van der Waals surface area contributed by atoms with Crippen molar-refractivity contribution < 1.29 is 62.8 Å². The number of hydrogen-bond acceptors (Lipinski definition) is 11. The van der Waals surface area contributed by atoms with E-state index in [-0.39, 0.29) is 64.8 Å². The number of alkyl carbamates (subject to hydrolysis) is 1. The Labute approximate surface area is 501 Å². The molecule has 0 fully saturated rings. The van der Waals surface area contributed by atoms with E-state index in [0.717, 1.165) is 44.5 Å². The van der Waals surface area contributed by atoms with E-state index >= 15 is 0 Å². The van der Waals surface area contributed by atoms with Crippen LogP contribution in [-0.2, 0) is 67.2 Å². The Morgan fingerprint density at radius 1 is 0.442 bits per heavy atom. The molecule has 0 bridgehead atoms. The molecule has 3 amide bonds. The van der Waals surface area contributed by atoms with Gasteiger partial charge < -0.3 is 39.5 Å². The number of rotatable bonds is 24. The van der Waals surface area contributed by atoms with Crippen LogP contribution in [0, 0.1) is 11.8 Å². The molecule has 7 aromatic rings. The average molecular weight is 1160 g/mol. The van der Waals surface area contributed by atoms with Gasteiger partial charge in [0.15, 0.2) is 5.78 Å². The molecule has 0 heterocycles. The second-order valence-corrected chi connectivity index (χ2v) is 21.4. The molecular weight excluding hydrogens is 1090 g/mol. The number of amides is 3. The predicted molar refractivity (Wildman–Crippen MR) is 326 cm³/mol. The first-order chi connectivity index (χ1) is 41.0. The summed E-state index contributed by atoms with van der Waals surface area (Å²) >= 11 is 0. The minimum Gasteiger partial charge on any atom is -0.481 e. The molecule has 86 heavy (non-hydrogen) atoms. The molecule has 0 radical (unpaired) electrons. The smallest absolute Gasteiger partial charge is 0.407 e. The number of nitrogens with zero attached hydrogens (tertiary/aromatic N) is 2. The summed E-state index contributed by atoms with van der Waals surface area (Å²) in [6, 6.07) is 55.2. The van der Waals surface area contributed by atoms with Gasteiger partial charge in [-0.1, -0.05) is 209 Å². The number of esters is 2. The zero-order valence-corrected chi connectivity index (χ0v) is 47.9. The molecule has 3 N–H and O–H groups in total. The Kier molecular flexibility index (Phi) is 22.4. The first-order valence-corrected chi connectivity index (χ1v) is 28.2. The SMILES string of the molecule is C.C[C@H](CC(=O)OCC1c2ccccc2-c2ccccc21)C(=O)O.C[C@H](CC(=O)[C@H](Cc1ccccc1)N(C)C(=O)[C@H](Cc1ccccc1)N(C)C(=O)[C@H](CC(=O)OCc1ccccc1)NC(=O)OCC1c2ccccc2-c2ccccc21)C(=O)O. The van der Waals surface area contributed by atoms with Gasteiger partial charge in [-0.25, -0.2) is 4.79 Å². The van der Waals surface area contributed by atoms with Crippen LogP contribution in [0.1, 0.15) is 91.3 Å². The molecule has 7 aromatic carbocycles. The molecule has 5 atom stereocenters. The van der Waals surface area contributed by atoms with E-state index in [1.54, 1.807) is 60.7 Å². The first kappa shape index (κ1) is 63.9. The summed E-state index contributed by atoms with van der Waals surface area (Å²) in [5, 5.41) is 21.1. The fraction of sp³-hybridized carbons (Fsp3) is 0.286. The number of carboxylic acid groups (broad SMARTS) is 2. The number of carboxylic acids is 2. The maximum Gasteiger partial charge on any atom is 0.407 e. The standard InChI is InChI=1S/C50H51N3O9.C19H18O4.CH4/c1-33(49(58)59)27-45(54)43(28-34-17-7-4-8-18-34)52(2)48(57)44(29-35-19-9-5-10-20-35)53(3)47(56)42(30-46(55)61-31-36-21-11-6-12-22-36)51-50(60)62-32-41-39-25-15-13-23-37(39)38-24-14-16-26-40(38)41;1-12(19(21)22)10-18(20)23-11-17-15-8-4-2-6-13(15)14-7-3-5-9-16(14)17;/h4-26,33,41-44H,27-32H2,1-3H3,(H,51,60)(H,58,59);2-9,12,17H,10-11H2,1H3,(H,21,22);1H4/t33-,42+,43+,44+;12-;/m11./s1. The maximum atomic E-state index is 14.8. The van der Waals surface area contributed by atoms with Crippen molar-refractivity contribution in [2.45, 2.75) is 89.9 Å². The fourth-order valence-corrected chi connectivity index (χ4v) is 10.8. The van der Waals surface area contributed by atoms with Gasteiger partial charge in [0.2, 0.25) is 11.8 Å². The largest absolute Gasteiger partial charge is 0.481 e. The lowest BCUT2D eigenvalue weighted by molar-refractivity contribution is -0.151. The lowest BCUT2D eigenvalue weighted by atomic mass is 9.93. The number of nitrogens with one attached hydrogen (secondary N) is 1. The summed E-state index contributed by atoms with van der Waals surface area (Å²) in [5.74, 6) is -7.20. The molecule has 0 unspecified atom stereocenters. The number of fused-ring (bicyclic) bond motifs is 6. The normalized spacial score (nSPS) is 13.5. The maximum absolute atomic E-state index is 14.8. The van der Waals surface area contributed by atoms with Gasteiger partial charge in [-0.2, -0.15) is 0 Å². The summed E-state index contributed by atoms with van der Waals surface area (Å²) in [6.07, 6.45) is -1.84. The van der Waals surface area contributed by atoms with Gasteiger partial charge in [-0.05, 0) is 67.6 Å². The highest BCUT2D eigenvalue weighted by molar-refractivity contribution is 5.96. The van der Waals surface area contributed by atoms with Crippen molar-refractivity contribution in [2.24, 2.45) is 11.8 Å². The Bertz CT molecular complexity index is 3410. The van der Waals surface area contributed by atoms with Gasteiger partial charge in [0.05, 0.1) is 30.7 Å². The van der Waals surface area contributed by atoms with Crippen LogP contribution in [0.25, 0.3) is 22.3 Å². The zero-order chi connectivity index (χ0) is 60.6. The third kappa shape index (κ3) is 16.1. The molecule has 2 aliphatic carbocycles. The van der Waals surface area contributed by atoms with E-state index in [1.165, 1.54) is 48.9 Å². The molecule has 0 saturated heterocycles. The number of hydrogen-bond donors (Lipinski definition) is 3. The number of carbonyl (C=O) groups excluding carboxylic acids is 6. The van der Waals surface area contributed by atoms with Gasteiger partial charge in [-0.3, -0.25) is 33.6 Å². The molecule has 0 saturated carbocycles. The van der Waals surface area contributed by atoms with Gasteiger partial charge >= 0.3 is 30.0 Å². The minimum atomic E-state index is -1.52. The van der Waals surface area contributed by atoms with Crippen LogP contribution in [0.3, 0.4) is 0 Å². The highest BCUT2D eigenvalue weighted by Gasteiger charge is 2.39. The van der Waals surface area contributed by atoms with Crippen molar-refractivity contribution in [3.05, 3.63) is 227 Å². The molecule has 446 valence electrons. The summed E-state index contributed by atoms with van der Waals surface area (Å²) in [5.41, 5.74) is 10.9. The van der Waals surface area contributed by atoms with E-state index in [4.69, 9.17) is 19.3 Å². The van der Waals surface area contributed by atoms with Crippen molar-refractivity contribution in [1.29, 1.82) is 0 Å². The number of ether oxygens (including phenoxy) is 3. The number of likely N-dealkylation sites (N-methyl/N-ethyl adjacent to an activating group) is 2. The summed E-state index contributed by atoms with van der Waals surface area (Å²) in [4.78, 5) is 107. The summed E-state index contributed by atoms with van der Waals surface area (Å²) in [6.45, 7) is 3.05. The van der Waals surface area contributed by atoms with Gasteiger partial charge in [0.1, 0.15) is 31.9 Å². The van der Waals surface area contributed by atoms with Gasteiger partial charge in [0.25, 0.3) is 0 Å². The second-order valence-electron chi connectivity index (χ2n) is 21.4. The van der Waals surface area contributed by atoms with Crippen molar-refractivity contribution in [3.8, 4) is 22.3 Å². The van der Waals surface area contributed by atoms with E-state index in [1.807, 2.05) is 115 Å². The lowest BCUT2D eigenvalue weighted by Gasteiger charge is -2.36. The highest BCUT2D eigenvalue weighted by Crippen LogP contribution is 2.46. The monoisotopic (exact) mass is 1160 g/mol. The molecule has 0 aliphatic heterocycles. The Hall–Kier alpha value is -9.70. The molecule has 2 aliphatic rings. The third-order valence-corrected chi connectivity index (χ3v) is 15.6.